The van der Waals surface area contributed by atoms with E-state index in [1.165, 1.54) is 19.9 Å². The Morgan fingerprint density at radius 3 is 2.48 bits per heavy atom. The molecule has 1 heterocycles. The lowest BCUT2D eigenvalue weighted by Crippen LogP contribution is -2.33. The van der Waals surface area contributed by atoms with Crippen molar-refractivity contribution in [3.63, 3.8) is 0 Å². The van der Waals surface area contributed by atoms with Crippen molar-refractivity contribution in [2.24, 2.45) is 5.92 Å². The van der Waals surface area contributed by atoms with E-state index in [0.717, 1.165) is 12.1 Å². The van der Waals surface area contributed by atoms with Gasteiger partial charge in [0, 0.05) is 11.1 Å². The maximum absolute atomic E-state index is 15.0. The molecule has 0 saturated carbocycles. The minimum absolute atomic E-state index is 0.00894. The number of ether oxygens (including phenoxy) is 3. The van der Waals surface area contributed by atoms with E-state index in [1.54, 1.807) is 12.2 Å². The predicted molar refractivity (Wildman–Crippen MR) is 141 cm³/mol. The number of carbonyl (C=O) groups is 5. The van der Waals surface area contributed by atoms with Gasteiger partial charge in [-0.25, -0.2) is 23.7 Å². The molecule has 214 valence electrons. The van der Waals surface area contributed by atoms with Crippen molar-refractivity contribution in [2.75, 3.05) is 18.1 Å². The first-order valence-corrected chi connectivity index (χ1v) is 12.9. The summed E-state index contributed by atoms with van der Waals surface area (Å²) in [6, 6.07) is 1.74. The normalized spacial score (nSPS) is 18.4. The third kappa shape index (κ3) is 7.02. The second-order valence-electron chi connectivity index (χ2n) is 9.27. The highest BCUT2D eigenvalue weighted by atomic mass is 35.5. The molecular weight excluding hydrogens is 549 g/mol. The van der Waals surface area contributed by atoms with Crippen LogP contribution < -0.4 is 4.90 Å². The van der Waals surface area contributed by atoms with Gasteiger partial charge in [-0.1, -0.05) is 36.4 Å². The molecule has 0 spiro atoms. The lowest BCUT2D eigenvalue weighted by Gasteiger charge is -2.20. The summed E-state index contributed by atoms with van der Waals surface area (Å²) in [5.74, 6) is -4.99. The fourth-order valence-electron chi connectivity index (χ4n) is 4.25. The molecule has 3 atom stereocenters. The summed E-state index contributed by atoms with van der Waals surface area (Å²) < 4.78 is 29.7. The van der Waals surface area contributed by atoms with Crippen molar-refractivity contribution in [3.8, 4) is 0 Å². The first kappa shape index (κ1) is 30.7. The lowest BCUT2D eigenvalue weighted by molar-refractivity contribution is -0.152. The van der Waals surface area contributed by atoms with Gasteiger partial charge in [-0.2, -0.15) is 0 Å². The third-order valence-corrected chi connectivity index (χ3v) is 6.65. The number of anilines is 1. The molecule has 1 aliphatic heterocycles. The standard InChI is InChI=1S/C28H29ClFNO9/c1-4-10-38-27(36)16(3)40-28(37)20-13-23(22(30)14-21(20)29)31-24(33)18-9-8-17(12-19(18)25(31)34)7-5-6-11-39-26(35)15(2)32/h4-6,13-17,32H,1,7-12H2,2-3H3/b6-5+/t15-,16-,17?/m0/s1. The number of amides is 2. The predicted octanol–water partition coefficient (Wildman–Crippen LogP) is 3.59. The Morgan fingerprint density at radius 1 is 1.12 bits per heavy atom. The topological polar surface area (TPSA) is 137 Å². The molecule has 40 heavy (non-hydrogen) atoms. The quantitative estimate of drug-likeness (QED) is 0.181. The number of allylic oxidation sites excluding steroid dienone is 1. The molecule has 1 aromatic rings. The number of esters is 3. The molecule has 2 aliphatic rings. The van der Waals surface area contributed by atoms with Crippen LogP contribution in [0.25, 0.3) is 0 Å². The summed E-state index contributed by atoms with van der Waals surface area (Å²) in [5.41, 5.74) is -0.245. The molecule has 12 heteroatoms. The maximum atomic E-state index is 15.0. The zero-order chi connectivity index (χ0) is 29.6. The Kier molecular flexibility index (Phi) is 10.4. The number of benzene rings is 1. The molecule has 0 fully saturated rings. The number of hydrogen-bond acceptors (Lipinski definition) is 9. The number of aliphatic hydroxyl groups is 1. The Bertz CT molecular complexity index is 1290. The Morgan fingerprint density at radius 2 is 1.80 bits per heavy atom. The summed E-state index contributed by atoms with van der Waals surface area (Å²) in [6.45, 7) is 5.90. The number of nitrogens with zero attached hydrogens (tertiary/aromatic N) is 1. The molecule has 0 radical (unpaired) electrons. The van der Waals surface area contributed by atoms with E-state index in [9.17, 15) is 28.4 Å². The number of hydrogen-bond donors (Lipinski definition) is 1. The molecule has 1 aliphatic carbocycles. The molecule has 1 aromatic carbocycles. The minimum atomic E-state index is -1.31. The summed E-state index contributed by atoms with van der Waals surface area (Å²) >= 11 is 6.05. The first-order valence-electron chi connectivity index (χ1n) is 12.5. The van der Waals surface area contributed by atoms with Crippen LogP contribution in [0.3, 0.4) is 0 Å². The average molecular weight is 578 g/mol. The Hall–Kier alpha value is -3.83. The van der Waals surface area contributed by atoms with E-state index in [2.05, 4.69) is 6.58 Å². The smallest absolute Gasteiger partial charge is 0.347 e. The number of rotatable bonds is 11. The van der Waals surface area contributed by atoms with Crippen LogP contribution in [-0.4, -0.2) is 60.3 Å². The number of carbonyl (C=O) groups excluding carboxylic acids is 5. The maximum Gasteiger partial charge on any atom is 0.347 e. The number of aliphatic hydroxyl groups excluding tert-OH is 1. The zero-order valence-electron chi connectivity index (χ0n) is 22.0. The largest absolute Gasteiger partial charge is 0.460 e. The van der Waals surface area contributed by atoms with Crippen molar-refractivity contribution in [1.82, 2.24) is 0 Å². The van der Waals surface area contributed by atoms with Gasteiger partial charge >= 0.3 is 17.9 Å². The fraction of sp³-hybridized carbons (Fsp3) is 0.393. The van der Waals surface area contributed by atoms with E-state index in [1.807, 2.05) is 0 Å². The van der Waals surface area contributed by atoms with Crippen molar-refractivity contribution in [2.45, 2.75) is 51.7 Å². The molecule has 1 unspecified atom stereocenters. The van der Waals surface area contributed by atoms with Crippen molar-refractivity contribution < 1.29 is 47.7 Å². The van der Waals surface area contributed by atoms with Crippen LogP contribution >= 0.6 is 11.6 Å². The number of halogens is 2. The van der Waals surface area contributed by atoms with Gasteiger partial charge in [0.15, 0.2) is 6.10 Å². The summed E-state index contributed by atoms with van der Waals surface area (Å²) in [7, 11) is 0. The second-order valence-corrected chi connectivity index (χ2v) is 9.68. The molecule has 0 aromatic heterocycles. The summed E-state index contributed by atoms with van der Waals surface area (Å²) in [6.07, 6.45) is 3.96. The molecule has 10 nitrogen and oxygen atoms in total. The van der Waals surface area contributed by atoms with Crippen LogP contribution in [0, 0.1) is 11.7 Å². The van der Waals surface area contributed by atoms with Crippen molar-refractivity contribution >= 4 is 47.0 Å². The van der Waals surface area contributed by atoms with Gasteiger partial charge in [0.1, 0.15) is 25.1 Å². The van der Waals surface area contributed by atoms with Crippen LogP contribution in [0.1, 0.15) is 49.9 Å². The Balaban J connectivity index is 1.71. The van der Waals surface area contributed by atoms with E-state index in [-0.39, 0.29) is 47.3 Å². The van der Waals surface area contributed by atoms with Crippen LogP contribution in [0.15, 0.2) is 48.1 Å². The highest BCUT2D eigenvalue weighted by Gasteiger charge is 2.43. The molecule has 2 amide bonds. The fourth-order valence-corrected chi connectivity index (χ4v) is 4.48. The average Bonchev–Trinajstić information content (AvgIpc) is 3.15. The molecule has 0 bridgehead atoms. The van der Waals surface area contributed by atoms with Crippen molar-refractivity contribution in [3.05, 3.63) is 64.5 Å². The highest BCUT2D eigenvalue weighted by Crippen LogP contribution is 2.40. The van der Waals surface area contributed by atoms with E-state index in [4.69, 9.17) is 30.9 Å². The Labute approximate surface area is 235 Å². The van der Waals surface area contributed by atoms with Crippen LogP contribution in [0.4, 0.5) is 10.1 Å². The molecular formula is C28H29ClFNO9. The molecule has 3 rings (SSSR count). The molecule has 1 N–H and O–H groups in total. The SMILES string of the molecule is C=CCOC(=O)[C@H](C)OC(=O)c1cc(N2C(=O)C3=C(CC(C/C=C/COC(=O)[C@H](C)O)CC3)C2=O)c(F)cc1Cl. The van der Waals surface area contributed by atoms with E-state index < -0.39 is 53.4 Å². The lowest BCUT2D eigenvalue weighted by atomic mass is 9.83. The van der Waals surface area contributed by atoms with Gasteiger partial charge in [-0.15, -0.1) is 0 Å². The molecule has 0 saturated heterocycles. The van der Waals surface area contributed by atoms with Gasteiger partial charge in [0.25, 0.3) is 11.8 Å². The summed E-state index contributed by atoms with van der Waals surface area (Å²) in [5, 5.41) is 8.80. The van der Waals surface area contributed by atoms with Crippen molar-refractivity contribution in [1.29, 1.82) is 0 Å². The van der Waals surface area contributed by atoms with Crippen LogP contribution in [0.5, 0.6) is 0 Å². The van der Waals surface area contributed by atoms with Gasteiger partial charge in [-0.05, 0) is 57.6 Å². The van der Waals surface area contributed by atoms with Gasteiger partial charge in [0.05, 0.1) is 16.3 Å². The number of imide groups is 1. The summed E-state index contributed by atoms with van der Waals surface area (Å²) in [4.78, 5) is 63.0. The van der Waals surface area contributed by atoms with Gasteiger partial charge in [0.2, 0.25) is 0 Å². The zero-order valence-corrected chi connectivity index (χ0v) is 22.7. The van der Waals surface area contributed by atoms with Gasteiger partial charge in [-0.3, -0.25) is 9.59 Å². The first-order chi connectivity index (χ1) is 19.0. The second kappa shape index (κ2) is 13.5. The van der Waals surface area contributed by atoms with Gasteiger partial charge < -0.3 is 19.3 Å². The van der Waals surface area contributed by atoms with E-state index >= 15 is 0 Å². The monoisotopic (exact) mass is 577 g/mol. The van der Waals surface area contributed by atoms with Crippen LogP contribution in [0.2, 0.25) is 5.02 Å². The minimum Gasteiger partial charge on any atom is -0.460 e. The highest BCUT2D eigenvalue weighted by molar-refractivity contribution is 6.35. The third-order valence-electron chi connectivity index (χ3n) is 6.34. The van der Waals surface area contributed by atoms with Crippen LogP contribution in [-0.2, 0) is 33.4 Å². The van der Waals surface area contributed by atoms with E-state index in [0.29, 0.717) is 24.2 Å².